The number of allylic oxidation sites excluding steroid dienone is 5. The van der Waals surface area contributed by atoms with E-state index in [0.717, 1.165) is 5.57 Å². The van der Waals surface area contributed by atoms with E-state index in [4.69, 9.17) is 0 Å². The molecule has 0 heterocycles. The maximum atomic E-state index is 3.84. The van der Waals surface area contributed by atoms with E-state index < -0.39 is 0 Å². The smallest absolute Gasteiger partial charge is 0.00478 e. The number of hydrogen-bond acceptors (Lipinski definition) is 0. The lowest BCUT2D eigenvalue weighted by molar-refractivity contribution is 0.852. The van der Waals surface area contributed by atoms with Gasteiger partial charge in [0.2, 0.25) is 0 Å². The lowest BCUT2D eigenvalue weighted by atomic mass is 9.95. The molecule has 0 N–H and O–H groups in total. The molecule has 0 aromatic carbocycles. The molecule has 0 aromatic rings. The van der Waals surface area contributed by atoms with Crippen molar-refractivity contribution in [3.05, 3.63) is 36.0 Å². The van der Waals surface area contributed by atoms with Crippen molar-refractivity contribution in [2.45, 2.75) is 13.8 Å². The van der Waals surface area contributed by atoms with E-state index in [2.05, 4.69) is 38.7 Å². The minimum Gasteiger partial charge on any atom is -0.0918 e. The van der Waals surface area contributed by atoms with Gasteiger partial charge in [-0.3, -0.25) is 0 Å². The van der Waals surface area contributed by atoms with Crippen LogP contribution in [0.4, 0.5) is 0 Å². The molecule has 1 aliphatic carbocycles. The zero-order chi connectivity index (χ0) is 6.85. The molecule has 1 unspecified atom stereocenters. The summed E-state index contributed by atoms with van der Waals surface area (Å²) in [5, 5.41) is 0. The molecule has 0 heteroatoms. The summed E-state index contributed by atoms with van der Waals surface area (Å²) >= 11 is 0. The summed E-state index contributed by atoms with van der Waals surface area (Å²) in [5.41, 5.74) is 2.52. The molecule has 1 rings (SSSR count). The highest BCUT2D eigenvalue weighted by atomic mass is 14.1. The van der Waals surface area contributed by atoms with Gasteiger partial charge in [-0.2, -0.15) is 0 Å². The minimum absolute atomic E-state index is 0.607. The molecule has 9 heavy (non-hydrogen) atoms. The van der Waals surface area contributed by atoms with Crippen molar-refractivity contribution in [1.82, 2.24) is 0 Å². The van der Waals surface area contributed by atoms with Gasteiger partial charge in [0.05, 0.1) is 0 Å². The lowest BCUT2D eigenvalue weighted by Gasteiger charge is -2.11. The molecule has 1 atom stereocenters. The van der Waals surface area contributed by atoms with Gasteiger partial charge in [0.15, 0.2) is 0 Å². The SMILES string of the molecule is C=C1C=CC(C)C(C)=C1. The Morgan fingerprint density at radius 3 is 2.67 bits per heavy atom. The molecular weight excluding hydrogens is 108 g/mol. The van der Waals surface area contributed by atoms with Crippen LogP contribution in [0.25, 0.3) is 0 Å². The lowest BCUT2D eigenvalue weighted by Crippen LogP contribution is -1.95. The van der Waals surface area contributed by atoms with Crippen LogP contribution in [0.2, 0.25) is 0 Å². The molecule has 0 nitrogen and oxygen atoms in total. The van der Waals surface area contributed by atoms with Gasteiger partial charge in [-0.15, -0.1) is 0 Å². The molecule has 0 aliphatic heterocycles. The van der Waals surface area contributed by atoms with Gasteiger partial charge in [0, 0.05) is 0 Å². The Bertz CT molecular complexity index is 182. The Balaban J connectivity index is 2.82. The fraction of sp³-hybridized carbons (Fsp3) is 0.333. The van der Waals surface area contributed by atoms with Crippen molar-refractivity contribution in [3.8, 4) is 0 Å². The molecule has 0 aromatic heterocycles. The largest absolute Gasteiger partial charge is 0.0918 e. The predicted molar refractivity (Wildman–Crippen MR) is 41.2 cm³/mol. The monoisotopic (exact) mass is 120 g/mol. The molecule has 0 saturated heterocycles. The van der Waals surface area contributed by atoms with Crippen molar-refractivity contribution in [2.75, 3.05) is 0 Å². The van der Waals surface area contributed by atoms with Gasteiger partial charge in [-0.05, 0) is 18.4 Å². The molecule has 0 radical (unpaired) electrons. The Morgan fingerprint density at radius 1 is 1.56 bits per heavy atom. The summed E-state index contributed by atoms with van der Waals surface area (Å²) in [7, 11) is 0. The highest BCUT2D eigenvalue weighted by molar-refractivity contribution is 5.36. The van der Waals surface area contributed by atoms with Gasteiger partial charge in [0.25, 0.3) is 0 Å². The first-order valence-corrected chi connectivity index (χ1v) is 3.25. The second-order valence-electron chi connectivity index (χ2n) is 2.61. The van der Waals surface area contributed by atoms with Crippen molar-refractivity contribution < 1.29 is 0 Å². The predicted octanol–water partition coefficient (Wildman–Crippen LogP) is 2.69. The first-order valence-electron chi connectivity index (χ1n) is 3.25. The van der Waals surface area contributed by atoms with E-state index in [1.54, 1.807) is 0 Å². The summed E-state index contributed by atoms with van der Waals surface area (Å²) in [5.74, 6) is 0.607. The van der Waals surface area contributed by atoms with E-state index >= 15 is 0 Å². The van der Waals surface area contributed by atoms with Gasteiger partial charge < -0.3 is 0 Å². The van der Waals surface area contributed by atoms with Crippen molar-refractivity contribution in [1.29, 1.82) is 0 Å². The third-order valence-electron chi connectivity index (χ3n) is 1.73. The second-order valence-corrected chi connectivity index (χ2v) is 2.61. The minimum atomic E-state index is 0.607. The maximum absolute atomic E-state index is 3.84. The summed E-state index contributed by atoms with van der Waals surface area (Å²) in [6, 6.07) is 0. The molecular formula is C9H12. The molecule has 0 bridgehead atoms. The van der Waals surface area contributed by atoms with E-state index in [1.165, 1.54) is 5.57 Å². The van der Waals surface area contributed by atoms with Gasteiger partial charge >= 0.3 is 0 Å². The first kappa shape index (κ1) is 6.34. The van der Waals surface area contributed by atoms with Crippen molar-refractivity contribution >= 4 is 0 Å². The Hall–Kier alpha value is -0.780. The third-order valence-corrected chi connectivity index (χ3v) is 1.73. The Morgan fingerprint density at radius 2 is 2.22 bits per heavy atom. The standard InChI is InChI=1S/C9H12/c1-7-4-5-8(2)9(3)6-7/h4-6,8H,1H2,2-3H3. The maximum Gasteiger partial charge on any atom is -0.00478 e. The van der Waals surface area contributed by atoms with Crippen LogP contribution >= 0.6 is 0 Å². The van der Waals surface area contributed by atoms with Crippen molar-refractivity contribution in [3.63, 3.8) is 0 Å². The van der Waals surface area contributed by atoms with Gasteiger partial charge in [0.1, 0.15) is 0 Å². The fourth-order valence-corrected chi connectivity index (χ4v) is 0.892. The van der Waals surface area contributed by atoms with E-state index in [0.29, 0.717) is 5.92 Å². The van der Waals surface area contributed by atoms with Crippen LogP contribution in [0.5, 0.6) is 0 Å². The van der Waals surface area contributed by atoms with Crippen LogP contribution in [-0.2, 0) is 0 Å². The first-order chi connectivity index (χ1) is 4.20. The van der Waals surface area contributed by atoms with Crippen LogP contribution < -0.4 is 0 Å². The summed E-state index contributed by atoms with van der Waals surface area (Å²) in [6.45, 7) is 8.16. The van der Waals surface area contributed by atoms with Crippen LogP contribution in [0.1, 0.15) is 13.8 Å². The second kappa shape index (κ2) is 2.22. The van der Waals surface area contributed by atoms with E-state index in [9.17, 15) is 0 Å². The van der Waals surface area contributed by atoms with Crippen LogP contribution in [0, 0.1) is 5.92 Å². The Labute approximate surface area is 56.6 Å². The fourth-order valence-electron chi connectivity index (χ4n) is 0.892. The molecule has 0 fully saturated rings. The number of rotatable bonds is 0. The zero-order valence-corrected chi connectivity index (χ0v) is 6.02. The van der Waals surface area contributed by atoms with Crippen LogP contribution in [-0.4, -0.2) is 0 Å². The summed E-state index contributed by atoms with van der Waals surface area (Å²) in [6.07, 6.45) is 6.38. The summed E-state index contributed by atoms with van der Waals surface area (Å²) < 4.78 is 0. The van der Waals surface area contributed by atoms with Crippen LogP contribution in [0.15, 0.2) is 36.0 Å². The number of hydrogen-bond donors (Lipinski definition) is 0. The average molecular weight is 120 g/mol. The molecule has 0 saturated carbocycles. The van der Waals surface area contributed by atoms with E-state index in [-0.39, 0.29) is 0 Å². The van der Waals surface area contributed by atoms with Crippen molar-refractivity contribution in [2.24, 2.45) is 5.92 Å². The summed E-state index contributed by atoms with van der Waals surface area (Å²) in [4.78, 5) is 0. The Kier molecular flexibility index (Phi) is 1.56. The van der Waals surface area contributed by atoms with Gasteiger partial charge in [-0.25, -0.2) is 0 Å². The third kappa shape index (κ3) is 1.32. The highest BCUT2D eigenvalue weighted by Gasteiger charge is 2.02. The average Bonchev–Trinajstić information content (AvgIpc) is 1.80. The molecule has 0 spiro atoms. The van der Waals surface area contributed by atoms with Gasteiger partial charge in [-0.1, -0.05) is 37.3 Å². The van der Waals surface area contributed by atoms with Crippen LogP contribution in [0.3, 0.4) is 0 Å². The topological polar surface area (TPSA) is 0 Å². The quantitative estimate of drug-likeness (QED) is 0.461. The molecule has 0 amide bonds. The van der Waals surface area contributed by atoms with E-state index in [1.807, 2.05) is 0 Å². The highest BCUT2D eigenvalue weighted by Crippen LogP contribution is 2.18. The normalized spacial score (nSPS) is 26.2. The molecule has 48 valence electrons. The molecule has 1 aliphatic rings. The zero-order valence-electron chi connectivity index (χ0n) is 6.02.